The van der Waals surface area contributed by atoms with E-state index in [1.165, 1.54) is 33.0 Å². The largest absolute Gasteiger partial charge is 0.497 e. The van der Waals surface area contributed by atoms with Crippen molar-refractivity contribution in [3.05, 3.63) is 58.7 Å². The first-order chi connectivity index (χ1) is 13.4. The van der Waals surface area contributed by atoms with E-state index in [0.717, 1.165) is 16.0 Å². The Bertz CT molecular complexity index is 1020. The maximum Gasteiger partial charge on any atom is 0.272 e. The number of aryl methyl sites for hydroxylation is 1. The molecule has 144 valence electrons. The topological polar surface area (TPSA) is 80.2 Å². The van der Waals surface area contributed by atoms with E-state index in [-0.39, 0.29) is 0 Å². The molecular weight excluding hydrogens is 378 g/mol. The number of hydrogen-bond acceptors (Lipinski definition) is 7. The van der Waals surface area contributed by atoms with Crippen LogP contribution in [0.25, 0.3) is 0 Å². The molecule has 0 aliphatic carbocycles. The molecule has 2 aliphatic rings. The summed E-state index contributed by atoms with van der Waals surface area (Å²) in [6, 6.07) is 11.2. The number of ether oxygens (including phenoxy) is 2. The number of hydrogen-bond donors (Lipinski definition) is 1. The van der Waals surface area contributed by atoms with Gasteiger partial charge in [-0.2, -0.15) is 5.10 Å². The van der Waals surface area contributed by atoms with Gasteiger partial charge in [-0.1, -0.05) is 41.6 Å². The van der Waals surface area contributed by atoms with Crippen molar-refractivity contribution in [2.24, 2.45) is 5.10 Å². The summed E-state index contributed by atoms with van der Waals surface area (Å²) in [5.41, 5.74) is 5.82. The number of rotatable bonds is 3. The van der Waals surface area contributed by atoms with Crippen LogP contribution in [0.15, 0.2) is 41.5 Å². The van der Waals surface area contributed by atoms with Crippen LogP contribution in [0.3, 0.4) is 0 Å². The summed E-state index contributed by atoms with van der Waals surface area (Å²) in [6.45, 7) is 2.01. The number of carbonyl (C=O) groups is 2. The second kappa shape index (κ2) is 6.56. The molecule has 2 aromatic carbocycles. The first kappa shape index (κ1) is 18.4. The number of nitrogens with zero attached hydrogens (tertiary/aromatic N) is 2. The van der Waals surface area contributed by atoms with Gasteiger partial charge in [0, 0.05) is 18.7 Å². The van der Waals surface area contributed by atoms with Gasteiger partial charge < -0.3 is 9.47 Å². The summed E-state index contributed by atoms with van der Waals surface area (Å²) < 4.78 is 10.8. The van der Waals surface area contributed by atoms with Gasteiger partial charge in [0.2, 0.25) is 4.87 Å². The Hall–Kier alpha value is -3.00. The Morgan fingerprint density at radius 1 is 1.11 bits per heavy atom. The molecule has 0 bridgehead atoms. The van der Waals surface area contributed by atoms with Crippen LogP contribution in [0.4, 0.5) is 0 Å². The lowest BCUT2D eigenvalue weighted by Crippen LogP contribution is -2.55. The predicted molar refractivity (Wildman–Crippen MR) is 107 cm³/mol. The van der Waals surface area contributed by atoms with Crippen molar-refractivity contribution >= 4 is 28.6 Å². The molecular formula is C20H19N3O4S. The Labute approximate surface area is 166 Å². The molecule has 7 nitrogen and oxygen atoms in total. The Kier molecular flexibility index (Phi) is 4.30. The predicted octanol–water partition coefficient (Wildman–Crippen LogP) is 2.48. The van der Waals surface area contributed by atoms with Crippen LogP contribution in [0.1, 0.15) is 27.0 Å². The van der Waals surface area contributed by atoms with E-state index in [1.54, 1.807) is 12.1 Å². The average Bonchev–Trinajstić information content (AvgIpc) is 3.16. The molecule has 0 fully saturated rings. The molecule has 0 aromatic heterocycles. The molecule has 2 aliphatic heterocycles. The first-order valence-electron chi connectivity index (χ1n) is 8.61. The Morgan fingerprint density at radius 3 is 2.46 bits per heavy atom. The standard InChI is InChI=1S/C20H19N3O4S/c1-11-5-7-12(8-6-11)17-21-22-20(28-17)16-14(18(24)23(2)19(20)25)9-13(26-3)10-15(16)27-4/h5-10,22H,1-4H3. The lowest BCUT2D eigenvalue weighted by Gasteiger charge is -2.37. The number of thioether (sulfide) groups is 1. The molecule has 0 saturated carbocycles. The maximum atomic E-state index is 13.2. The number of carbonyl (C=O) groups excluding carboxylic acids is 2. The molecule has 1 N–H and O–H groups in total. The summed E-state index contributed by atoms with van der Waals surface area (Å²) in [5.74, 6) is 0.0624. The van der Waals surface area contributed by atoms with Gasteiger partial charge in [-0.05, 0) is 13.0 Å². The van der Waals surface area contributed by atoms with Crippen molar-refractivity contribution in [2.75, 3.05) is 21.3 Å². The number of hydrazone groups is 1. The lowest BCUT2D eigenvalue weighted by molar-refractivity contribution is -0.131. The SMILES string of the molecule is COc1cc(OC)c2c(c1)C(=O)N(C)C(=O)C21NN=C(c2ccc(C)cc2)S1. The number of methoxy groups -OCH3 is 2. The minimum atomic E-state index is -1.28. The Morgan fingerprint density at radius 2 is 1.82 bits per heavy atom. The zero-order valence-electron chi connectivity index (χ0n) is 15.9. The summed E-state index contributed by atoms with van der Waals surface area (Å²) >= 11 is 1.27. The number of likely N-dealkylation sites (N-methyl/N-ethyl adjacent to an activating group) is 1. The van der Waals surface area contributed by atoms with Crippen molar-refractivity contribution in [2.45, 2.75) is 11.8 Å². The summed E-state index contributed by atoms with van der Waals surface area (Å²) in [6.07, 6.45) is 0. The van der Waals surface area contributed by atoms with E-state index >= 15 is 0 Å². The fourth-order valence-electron chi connectivity index (χ4n) is 3.36. The molecule has 28 heavy (non-hydrogen) atoms. The summed E-state index contributed by atoms with van der Waals surface area (Å²) in [4.78, 5) is 25.9. The molecule has 8 heteroatoms. The van der Waals surface area contributed by atoms with E-state index in [2.05, 4.69) is 10.5 Å². The lowest BCUT2D eigenvalue weighted by atomic mass is 9.92. The van der Waals surface area contributed by atoms with Crippen LogP contribution in [0.2, 0.25) is 0 Å². The van der Waals surface area contributed by atoms with E-state index in [0.29, 0.717) is 27.7 Å². The van der Waals surface area contributed by atoms with E-state index in [4.69, 9.17) is 9.47 Å². The molecule has 1 unspecified atom stereocenters. The monoisotopic (exact) mass is 397 g/mol. The summed E-state index contributed by atoms with van der Waals surface area (Å²) in [5, 5.41) is 5.09. The second-order valence-electron chi connectivity index (χ2n) is 6.60. The molecule has 1 spiro atoms. The van der Waals surface area contributed by atoms with Gasteiger partial charge in [0.25, 0.3) is 11.8 Å². The third-order valence-electron chi connectivity index (χ3n) is 4.89. The normalized spacial score (nSPS) is 20.7. The third kappa shape index (κ3) is 2.56. The van der Waals surface area contributed by atoms with Gasteiger partial charge in [0.15, 0.2) is 0 Å². The highest BCUT2D eigenvalue weighted by Gasteiger charge is 2.56. The fourth-order valence-corrected chi connectivity index (χ4v) is 4.62. The van der Waals surface area contributed by atoms with E-state index in [9.17, 15) is 9.59 Å². The van der Waals surface area contributed by atoms with Crippen molar-refractivity contribution < 1.29 is 19.1 Å². The van der Waals surface area contributed by atoms with Crippen LogP contribution in [0.5, 0.6) is 11.5 Å². The highest BCUT2D eigenvalue weighted by atomic mass is 32.2. The minimum absolute atomic E-state index is 0.346. The smallest absolute Gasteiger partial charge is 0.272 e. The zero-order valence-corrected chi connectivity index (χ0v) is 16.7. The maximum absolute atomic E-state index is 13.2. The fraction of sp³-hybridized carbons (Fsp3) is 0.250. The third-order valence-corrected chi connectivity index (χ3v) is 6.18. The quantitative estimate of drug-likeness (QED) is 0.802. The molecule has 4 rings (SSSR count). The number of benzene rings is 2. The highest BCUT2D eigenvalue weighted by Crippen LogP contribution is 2.50. The van der Waals surface area contributed by atoms with Crippen LogP contribution < -0.4 is 14.9 Å². The average molecular weight is 397 g/mol. The highest BCUT2D eigenvalue weighted by molar-refractivity contribution is 8.16. The number of amides is 2. The zero-order chi connectivity index (χ0) is 20.1. The number of fused-ring (bicyclic) bond motifs is 2. The van der Waals surface area contributed by atoms with Gasteiger partial charge in [0.05, 0.1) is 25.3 Å². The van der Waals surface area contributed by atoms with Crippen LogP contribution in [-0.2, 0) is 9.67 Å². The molecule has 0 radical (unpaired) electrons. The van der Waals surface area contributed by atoms with Crippen molar-refractivity contribution in [3.63, 3.8) is 0 Å². The van der Waals surface area contributed by atoms with Gasteiger partial charge >= 0.3 is 0 Å². The molecule has 1 atom stereocenters. The molecule has 2 aromatic rings. The molecule has 2 amide bonds. The first-order valence-corrected chi connectivity index (χ1v) is 9.43. The van der Waals surface area contributed by atoms with Gasteiger partial charge in [-0.25, -0.2) is 0 Å². The Balaban J connectivity index is 1.87. The van der Waals surface area contributed by atoms with Crippen molar-refractivity contribution in [1.29, 1.82) is 0 Å². The van der Waals surface area contributed by atoms with E-state index < -0.39 is 16.7 Å². The number of nitrogens with one attached hydrogen (secondary N) is 1. The van der Waals surface area contributed by atoms with Crippen LogP contribution in [-0.4, -0.2) is 43.0 Å². The van der Waals surface area contributed by atoms with E-state index in [1.807, 2.05) is 31.2 Å². The molecule has 2 heterocycles. The van der Waals surface area contributed by atoms with Crippen LogP contribution >= 0.6 is 11.8 Å². The van der Waals surface area contributed by atoms with Crippen molar-refractivity contribution in [1.82, 2.24) is 10.3 Å². The van der Waals surface area contributed by atoms with Crippen molar-refractivity contribution in [3.8, 4) is 11.5 Å². The van der Waals surface area contributed by atoms with Gasteiger partial charge in [-0.3, -0.25) is 19.9 Å². The molecule has 0 saturated heterocycles. The van der Waals surface area contributed by atoms with Crippen LogP contribution in [0, 0.1) is 6.92 Å². The van der Waals surface area contributed by atoms with Gasteiger partial charge in [-0.15, -0.1) is 0 Å². The van der Waals surface area contributed by atoms with Gasteiger partial charge in [0.1, 0.15) is 16.5 Å². The summed E-state index contributed by atoms with van der Waals surface area (Å²) in [7, 11) is 4.48. The minimum Gasteiger partial charge on any atom is -0.497 e. The number of imide groups is 1. The second-order valence-corrected chi connectivity index (χ2v) is 7.80.